The number of rotatable bonds is 3. The quantitative estimate of drug-likeness (QED) is 0.169. The van der Waals surface area contributed by atoms with E-state index in [9.17, 15) is 0 Å². The Morgan fingerprint density at radius 2 is 0.672 bits per heavy atom. The van der Waals surface area contributed by atoms with Crippen LogP contribution < -0.4 is 0 Å². The molecule has 0 saturated heterocycles. The first-order valence-electron chi connectivity index (χ1n) is 22.3. The maximum Gasteiger partial charge on any atom is 0.0747 e. The van der Waals surface area contributed by atoms with Gasteiger partial charge in [-0.1, -0.05) is 164 Å². The smallest absolute Gasteiger partial charge is 0.0747 e. The zero-order chi connectivity index (χ0) is 41.7. The van der Waals surface area contributed by atoms with Gasteiger partial charge in [-0.25, -0.2) is 0 Å². The van der Waals surface area contributed by atoms with Gasteiger partial charge in [0.25, 0.3) is 0 Å². The molecule has 0 bridgehead atoms. The first-order chi connectivity index (χ1) is 31.8. The fraction of sp³-hybridized carbons (Fsp3) is 0.0164. The van der Waals surface area contributed by atoms with Gasteiger partial charge in [-0.15, -0.1) is 0 Å². The molecule has 3 aromatic heterocycles. The molecule has 296 valence electrons. The maximum atomic E-state index is 2.56. The van der Waals surface area contributed by atoms with Crippen LogP contribution in [0, 0.1) is 0 Å². The van der Waals surface area contributed by atoms with Crippen molar-refractivity contribution in [2.24, 2.45) is 0 Å². The van der Waals surface area contributed by atoms with Crippen LogP contribution in [0.15, 0.2) is 224 Å². The zero-order valence-electron chi connectivity index (χ0n) is 34.7. The Kier molecular flexibility index (Phi) is 6.61. The van der Waals surface area contributed by atoms with Gasteiger partial charge in [-0.3, -0.25) is 0 Å². The standard InChI is InChI=1S/C61H37N3/c1-2-16-38(17-3-1)63-55-28-14-8-21-44(55)47-36-37-52-57(59(47)63)49-23-5-11-25-51(49)61(52)50-24-10-4-18-41(50)46-34-35-48-45-22-9-15-29-56(45)64(60(48)58(46)61)40-32-30-39(31-33-40)62-53-26-12-6-19-42(53)43-20-7-13-27-54(43)62/h1-37H. The summed E-state index contributed by atoms with van der Waals surface area (Å²) in [7, 11) is 0. The molecule has 2 aliphatic carbocycles. The van der Waals surface area contributed by atoms with Gasteiger partial charge in [0.15, 0.2) is 0 Å². The molecule has 0 fully saturated rings. The fourth-order valence-corrected chi connectivity index (χ4v) is 12.3. The number of fused-ring (bicyclic) bond motifs is 21. The number of para-hydroxylation sites is 5. The van der Waals surface area contributed by atoms with Crippen molar-refractivity contribution in [3.05, 3.63) is 247 Å². The highest BCUT2D eigenvalue weighted by molar-refractivity contribution is 6.19. The Balaban J connectivity index is 1.07. The van der Waals surface area contributed by atoms with E-state index in [1.165, 1.54) is 116 Å². The largest absolute Gasteiger partial charge is 0.309 e. The highest BCUT2D eigenvalue weighted by Gasteiger charge is 2.54. The Labute approximate surface area is 368 Å². The van der Waals surface area contributed by atoms with Crippen LogP contribution in [0.25, 0.3) is 105 Å². The van der Waals surface area contributed by atoms with Crippen molar-refractivity contribution in [1.82, 2.24) is 13.7 Å². The predicted molar refractivity (Wildman–Crippen MR) is 266 cm³/mol. The summed E-state index contributed by atoms with van der Waals surface area (Å²) in [6, 6.07) is 83.7. The molecule has 13 aromatic rings. The summed E-state index contributed by atoms with van der Waals surface area (Å²) < 4.78 is 7.48. The molecule has 3 nitrogen and oxygen atoms in total. The van der Waals surface area contributed by atoms with E-state index in [1.54, 1.807) is 0 Å². The van der Waals surface area contributed by atoms with Gasteiger partial charge in [0.05, 0.1) is 38.5 Å². The van der Waals surface area contributed by atoms with Crippen LogP contribution >= 0.6 is 0 Å². The molecule has 10 aromatic carbocycles. The summed E-state index contributed by atoms with van der Waals surface area (Å²) in [4.78, 5) is 0. The lowest BCUT2D eigenvalue weighted by atomic mass is 9.70. The first kappa shape index (κ1) is 34.2. The monoisotopic (exact) mass is 811 g/mol. The SMILES string of the molecule is c1ccc(-n2c3ccccc3c3ccc4c(c32)-c2ccccc2C42c3ccccc3-c3ccc4c5ccccc5n(-c5ccc(-n6c7ccccc7c7ccccc76)cc5)c4c32)cc1. The Bertz CT molecular complexity index is 4070. The number of aromatic nitrogens is 3. The molecule has 2 aliphatic rings. The van der Waals surface area contributed by atoms with Crippen molar-refractivity contribution in [1.29, 1.82) is 0 Å². The molecule has 1 unspecified atom stereocenters. The summed E-state index contributed by atoms with van der Waals surface area (Å²) in [5.41, 5.74) is 20.8. The van der Waals surface area contributed by atoms with E-state index in [0.29, 0.717) is 0 Å². The molecule has 3 heterocycles. The third kappa shape index (κ3) is 4.13. The van der Waals surface area contributed by atoms with E-state index < -0.39 is 5.41 Å². The van der Waals surface area contributed by atoms with Crippen molar-refractivity contribution in [2.75, 3.05) is 0 Å². The van der Waals surface area contributed by atoms with Crippen LogP contribution in [0.1, 0.15) is 22.3 Å². The third-order valence-electron chi connectivity index (χ3n) is 14.6. The van der Waals surface area contributed by atoms with Crippen molar-refractivity contribution in [2.45, 2.75) is 5.41 Å². The van der Waals surface area contributed by atoms with E-state index in [-0.39, 0.29) is 0 Å². The van der Waals surface area contributed by atoms with Crippen molar-refractivity contribution < 1.29 is 0 Å². The lowest BCUT2D eigenvalue weighted by Gasteiger charge is -2.31. The molecule has 0 amide bonds. The van der Waals surface area contributed by atoms with E-state index in [1.807, 2.05) is 0 Å². The zero-order valence-corrected chi connectivity index (χ0v) is 34.7. The molecule has 0 saturated carbocycles. The average Bonchev–Trinajstić information content (AvgIpc) is 4.14. The van der Waals surface area contributed by atoms with Gasteiger partial charge >= 0.3 is 0 Å². The van der Waals surface area contributed by atoms with Crippen molar-refractivity contribution in [3.8, 4) is 39.3 Å². The minimum absolute atomic E-state index is 0.585. The molecule has 0 aliphatic heterocycles. The van der Waals surface area contributed by atoms with Gasteiger partial charge in [0.1, 0.15) is 0 Å². The second-order valence-electron chi connectivity index (χ2n) is 17.5. The van der Waals surface area contributed by atoms with Gasteiger partial charge in [0.2, 0.25) is 0 Å². The van der Waals surface area contributed by atoms with Crippen LogP contribution in [-0.4, -0.2) is 13.7 Å². The summed E-state index contributed by atoms with van der Waals surface area (Å²) in [6.45, 7) is 0. The number of hydrogen-bond acceptors (Lipinski definition) is 0. The summed E-state index contributed by atoms with van der Waals surface area (Å²) in [5.74, 6) is 0. The van der Waals surface area contributed by atoms with Crippen LogP contribution in [0.4, 0.5) is 0 Å². The maximum absolute atomic E-state index is 2.56. The summed E-state index contributed by atoms with van der Waals surface area (Å²) >= 11 is 0. The van der Waals surface area contributed by atoms with E-state index >= 15 is 0 Å². The molecule has 0 radical (unpaired) electrons. The van der Waals surface area contributed by atoms with Crippen molar-refractivity contribution >= 4 is 65.4 Å². The minimum Gasteiger partial charge on any atom is -0.309 e. The van der Waals surface area contributed by atoms with Gasteiger partial charge in [-0.2, -0.15) is 0 Å². The highest BCUT2D eigenvalue weighted by Crippen LogP contribution is 2.66. The lowest BCUT2D eigenvalue weighted by Crippen LogP contribution is -2.26. The van der Waals surface area contributed by atoms with Gasteiger partial charge in [0, 0.05) is 60.5 Å². The predicted octanol–water partition coefficient (Wildman–Crippen LogP) is 15.3. The second-order valence-corrected chi connectivity index (χ2v) is 17.5. The fourth-order valence-electron chi connectivity index (χ4n) is 12.3. The molecular weight excluding hydrogens is 775 g/mol. The topological polar surface area (TPSA) is 14.8 Å². The lowest BCUT2D eigenvalue weighted by molar-refractivity contribution is 0.797. The number of hydrogen-bond donors (Lipinski definition) is 0. The molecule has 3 heteroatoms. The van der Waals surface area contributed by atoms with E-state index in [4.69, 9.17) is 0 Å². The number of nitrogens with zero attached hydrogens (tertiary/aromatic N) is 3. The Morgan fingerprint density at radius 3 is 1.30 bits per heavy atom. The molecule has 64 heavy (non-hydrogen) atoms. The molecule has 0 N–H and O–H groups in total. The van der Waals surface area contributed by atoms with E-state index in [0.717, 1.165) is 11.4 Å². The Hall–Kier alpha value is -8.40. The highest BCUT2D eigenvalue weighted by atomic mass is 15.0. The van der Waals surface area contributed by atoms with E-state index in [2.05, 4.69) is 238 Å². The molecular formula is C61H37N3. The third-order valence-corrected chi connectivity index (χ3v) is 14.6. The van der Waals surface area contributed by atoms with Crippen LogP contribution in [0.5, 0.6) is 0 Å². The van der Waals surface area contributed by atoms with Gasteiger partial charge in [-0.05, 0) is 94.0 Å². The van der Waals surface area contributed by atoms with Crippen molar-refractivity contribution in [3.63, 3.8) is 0 Å². The summed E-state index contributed by atoms with van der Waals surface area (Å²) in [6.07, 6.45) is 0. The first-order valence-corrected chi connectivity index (χ1v) is 22.3. The van der Waals surface area contributed by atoms with Crippen LogP contribution in [-0.2, 0) is 5.41 Å². The second kappa shape index (κ2) is 12.4. The molecule has 15 rings (SSSR count). The van der Waals surface area contributed by atoms with Crippen LogP contribution in [0.2, 0.25) is 0 Å². The minimum atomic E-state index is -0.585. The normalized spacial score (nSPS) is 14.9. The Morgan fingerprint density at radius 1 is 0.250 bits per heavy atom. The molecule has 1 atom stereocenters. The molecule has 1 spiro atoms. The summed E-state index contributed by atoms with van der Waals surface area (Å²) in [5, 5.41) is 7.59. The van der Waals surface area contributed by atoms with Gasteiger partial charge < -0.3 is 13.7 Å². The average molecular weight is 812 g/mol. The number of benzene rings is 10. The van der Waals surface area contributed by atoms with Crippen LogP contribution in [0.3, 0.4) is 0 Å².